The molecule has 2 heterocycles. The highest BCUT2D eigenvalue weighted by atomic mass is 16.3. The molecule has 1 unspecified atom stereocenters. The van der Waals surface area contributed by atoms with Gasteiger partial charge in [-0.3, -0.25) is 24.1 Å². The first-order valence-electron chi connectivity index (χ1n) is 12.3. The summed E-state index contributed by atoms with van der Waals surface area (Å²) >= 11 is 0. The van der Waals surface area contributed by atoms with Crippen molar-refractivity contribution in [2.24, 2.45) is 0 Å². The van der Waals surface area contributed by atoms with Crippen LogP contribution in [-0.4, -0.2) is 45.2 Å². The van der Waals surface area contributed by atoms with E-state index in [1.54, 1.807) is 15.8 Å². The summed E-state index contributed by atoms with van der Waals surface area (Å²) in [5.74, 6) is -1.24. The Kier molecular flexibility index (Phi) is 6.04. The first kappa shape index (κ1) is 23.7. The molecule has 0 fully saturated rings. The topological polar surface area (TPSA) is 94.9 Å². The number of nitrogens with one attached hydrogen (secondary N) is 1. The SMILES string of the molecule is CC(=O)NCC1N(C(C)C)C(=O)c2c(O)c(=O)ccn2N1C1c2ccccc2CCc2ccccc21. The minimum absolute atomic E-state index is 0.0746. The van der Waals surface area contributed by atoms with E-state index in [1.165, 1.54) is 24.1 Å². The van der Waals surface area contributed by atoms with E-state index in [0.717, 1.165) is 24.0 Å². The fourth-order valence-corrected chi connectivity index (χ4v) is 5.52. The molecule has 5 rings (SSSR count). The van der Waals surface area contributed by atoms with Crippen LogP contribution in [-0.2, 0) is 17.6 Å². The summed E-state index contributed by atoms with van der Waals surface area (Å²) in [7, 11) is 0. The van der Waals surface area contributed by atoms with Gasteiger partial charge < -0.3 is 15.3 Å². The van der Waals surface area contributed by atoms with Crippen LogP contribution in [0.25, 0.3) is 0 Å². The zero-order valence-electron chi connectivity index (χ0n) is 20.6. The molecule has 186 valence electrons. The molecule has 0 radical (unpaired) electrons. The number of rotatable bonds is 4. The van der Waals surface area contributed by atoms with Gasteiger partial charge in [0.25, 0.3) is 5.91 Å². The van der Waals surface area contributed by atoms with Crippen molar-refractivity contribution in [3.63, 3.8) is 0 Å². The number of aryl methyl sites for hydroxylation is 2. The van der Waals surface area contributed by atoms with Gasteiger partial charge in [0.15, 0.2) is 11.4 Å². The van der Waals surface area contributed by atoms with E-state index in [4.69, 9.17) is 0 Å². The van der Waals surface area contributed by atoms with E-state index in [9.17, 15) is 19.5 Å². The summed E-state index contributed by atoms with van der Waals surface area (Å²) in [6, 6.07) is 17.1. The summed E-state index contributed by atoms with van der Waals surface area (Å²) < 4.78 is 1.61. The van der Waals surface area contributed by atoms with Gasteiger partial charge >= 0.3 is 0 Å². The maximum absolute atomic E-state index is 13.7. The molecule has 8 nitrogen and oxygen atoms in total. The summed E-state index contributed by atoms with van der Waals surface area (Å²) in [6.45, 7) is 5.40. The Morgan fingerprint density at radius 2 is 1.58 bits per heavy atom. The van der Waals surface area contributed by atoms with Gasteiger partial charge in [-0.05, 0) is 48.9 Å². The van der Waals surface area contributed by atoms with Crippen LogP contribution in [0.3, 0.4) is 0 Å². The first-order chi connectivity index (χ1) is 17.3. The van der Waals surface area contributed by atoms with Crippen LogP contribution in [0.1, 0.15) is 59.6 Å². The molecule has 0 saturated heterocycles. The van der Waals surface area contributed by atoms with Crippen molar-refractivity contribution in [3.8, 4) is 5.75 Å². The lowest BCUT2D eigenvalue weighted by molar-refractivity contribution is -0.119. The molecule has 36 heavy (non-hydrogen) atoms. The predicted octanol–water partition coefficient (Wildman–Crippen LogP) is 2.71. The molecule has 1 atom stereocenters. The molecular weight excluding hydrogens is 456 g/mol. The van der Waals surface area contributed by atoms with Crippen molar-refractivity contribution in [2.75, 3.05) is 11.6 Å². The van der Waals surface area contributed by atoms with Gasteiger partial charge in [-0.15, -0.1) is 0 Å². The van der Waals surface area contributed by atoms with E-state index >= 15 is 0 Å². The maximum Gasteiger partial charge on any atom is 0.278 e. The first-order valence-corrected chi connectivity index (χ1v) is 12.3. The standard InChI is InChI=1S/C28H30N4O4/c1-17(2)31-24(16-29-18(3)33)32(30-15-14-23(34)27(35)26(30)28(31)36)25-21-10-6-4-8-19(21)12-13-20-9-5-7-11-22(20)25/h4-11,14-15,17,24-25,35H,12-13,16H2,1-3H3,(H,29,33). The van der Waals surface area contributed by atoms with E-state index < -0.39 is 23.3 Å². The van der Waals surface area contributed by atoms with E-state index in [-0.39, 0.29) is 30.2 Å². The van der Waals surface area contributed by atoms with E-state index in [2.05, 4.69) is 29.6 Å². The lowest BCUT2D eigenvalue weighted by Crippen LogP contribution is -2.67. The van der Waals surface area contributed by atoms with Crippen molar-refractivity contribution in [1.82, 2.24) is 14.9 Å². The summed E-state index contributed by atoms with van der Waals surface area (Å²) in [6.07, 6.45) is 2.69. The van der Waals surface area contributed by atoms with Crippen LogP contribution in [0.5, 0.6) is 5.75 Å². The third-order valence-corrected chi connectivity index (χ3v) is 7.08. The number of amides is 2. The predicted molar refractivity (Wildman–Crippen MR) is 136 cm³/mol. The van der Waals surface area contributed by atoms with Crippen molar-refractivity contribution in [3.05, 3.63) is 99.0 Å². The molecule has 2 aliphatic rings. The number of aromatic hydroxyl groups is 1. The van der Waals surface area contributed by atoms with Gasteiger partial charge in [-0.25, -0.2) is 0 Å². The number of benzene rings is 2. The van der Waals surface area contributed by atoms with E-state index in [0.29, 0.717) is 0 Å². The molecule has 1 aliphatic heterocycles. The molecule has 1 aliphatic carbocycles. The normalized spacial score (nSPS) is 17.3. The largest absolute Gasteiger partial charge is 0.502 e. The van der Waals surface area contributed by atoms with Crippen LogP contribution >= 0.6 is 0 Å². The van der Waals surface area contributed by atoms with Gasteiger partial charge in [0, 0.05) is 25.2 Å². The maximum atomic E-state index is 13.7. The molecule has 1 aromatic heterocycles. The van der Waals surface area contributed by atoms with Crippen molar-refractivity contribution >= 4 is 11.8 Å². The Bertz CT molecular complexity index is 1350. The smallest absolute Gasteiger partial charge is 0.278 e. The second kappa shape index (κ2) is 9.18. The molecule has 0 bridgehead atoms. The third kappa shape index (κ3) is 3.82. The minimum Gasteiger partial charge on any atom is -0.502 e. The van der Waals surface area contributed by atoms with E-state index in [1.807, 2.05) is 43.1 Å². The van der Waals surface area contributed by atoms with Crippen LogP contribution in [0.2, 0.25) is 0 Å². The summed E-state index contributed by atoms with van der Waals surface area (Å²) in [5.41, 5.74) is 3.86. The minimum atomic E-state index is -0.611. The van der Waals surface area contributed by atoms with Crippen LogP contribution in [0.4, 0.5) is 0 Å². The number of fused-ring (bicyclic) bond motifs is 3. The second-order valence-corrected chi connectivity index (χ2v) is 9.63. The Hall–Kier alpha value is -4.07. The molecule has 2 aromatic carbocycles. The van der Waals surface area contributed by atoms with Crippen molar-refractivity contribution in [2.45, 2.75) is 51.9 Å². The van der Waals surface area contributed by atoms with Crippen LogP contribution in [0.15, 0.2) is 65.6 Å². The summed E-state index contributed by atoms with van der Waals surface area (Å²) in [5, 5.41) is 15.7. The lowest BCUT2D eigenvalue weighted by atomic mass is 9.93. The van der Waals surface area contributed by atoms with Gasteiger partial charge in [0.05, 0.1) is 12.6 Å². The quantitative estimate of drug-likeness (QED) is 0.591. The Morgan fingerprint density at radius 3 is 2.14 bits per heavy atom. The van der Waals surface area contributed by atoms with Gasteiger partial charge in [0.2, 0.25) is 11.3 Å². The molecule has 0 saturated carbocycles. The fourth-order valence-electron chi connectivity index (χ4n) is 5.52. The zero-order chi connectivity index (χ0) is 25.6. The third-order valence-electron chi connectivity index (χ3n) is 7.08. The van der Waals surface area contributed by atoms with Crippen molar-refractivity contribution in [1.29, 1.82) is 0 Å². The highest BCUT2D eigenvalue weighted by Crippen LogP contribution is 2.40. The number of carbonyl (C=O) groups excluding carboxylic acids is 2. The number of pyridine rings is 1. The average Bonchev–Trinajstić information content (AvgIpc) is 3.01. The molecule has 3 aromatic rings. The molecule has 8 heteroatoms. The Morgan fingerprint density at radius 1 is 1.00 bits per heavy atom. The zero-order valence-corrected chi connectivity index (χ0v) is 20.6. The number of nitrogens with zero attached hydrogens (tertiary/aromatic N) is 3. The van der Waals surface area contributed by atoms with Crippen molar-refractivity contribution < 1.29 is 14.7 Å². The van der Waals surface area contributed by atoms with Gasteiger partial charge in [-0.1, -0.05) is 48.5 Å². The van der Waals surface area contributed by atoms with Crippen LogP contribution < -0.4 is 15.8 Å². The fraction of sp³-hybridized carbons (Fsp3) is 0.321. The van der Waals surface area contributed by atoms with Gasteiger partial charge in [0.1, 0.15) is 6.17 Å². The number of hydrogen-bond donors (Lipinski definition) is 2. The molecule has 2 amide bonds. The molecular formula is C28H30N4O4. The number of hydrogen-bond acceptors (Lipinski definition) is 5. The van der Waals surface area contributed by atoms with Crippen LogP contribution in [0, 0.1) is 0 Å². The van der Waals surface area contributed by atoms with Gasteiger partial charge in [-0.2, -0.15) is 0 Å². The number of aromatic nitrogens is 1. The average molecular weight is 487 g/mol. The second-order valence-electron chi connectivity index (χ2n) is 9.63. The molecule has 0 spiro atoms. The summed E-state index contributed by atoms with van der Waals surface area (Å²) in [4.78, 5) is 39.8. The number of carbonyl (C=O) groups is 2. The highest BCUT2D eigenvalue weighted by molar-refractivity contribution is 5.96. The molecule has 2 N–H and O–H groups in total. The lowest BCUT2D eigenvalue weighted by Gasteiger charge is -2.51. The highest BCUT2D eigenvalue weighted by Gasteiger charge is 2.45. The Labute approximate surface area is 209 Å². The monoisotopic (exact) mass is 486 g/mol. The Balaban J connectivity index is 1.83.